The molecule has 112 valence electrons. The van der Waals surface area contributed by atoms with Crippen LogP contribution in [-0.2, 0) is 6.54 Å². The van der Waals surface area contributed by atoms with Gasteiger partial charge in [-0.1, -0.05) is 43.5 Å². The van der Waals surface area contributed by atoms with Crippen molar-refractivity contribution in [1.29, 1.82) is 0 Å². The Morgan fingerprint density at radius 2 is 2.20 bits per heavy atom. The van der Waals surface area contributed by atoms with Gasteiger partial charge in [-0.05, 0) is 50.6 Å². The summed E-state index contributed by atoms with van der Waals surface area (Å²) in [6.45, 7) is 4.33. The Kier molecular flexibility index (Phi) is 5.48. The van der Waals surface area contributed by atoms with E-state index in [0.717, 1.165) is 24.0 Å². The highest BCUT2D eigenvalue weighted by atomic mass is 35.5. The van der Waals surface area contributed by atoms with Gasteiger partial charge in [0.1, 0.15) is 0 Å². The molecule has 1 fully saturated rings. The van der Waals surface area contributed by atoms with Crippen molar-refractivity contribution in [3.05, 3.63) is 34.9 Å². The molecule has 0 spiro atoms. The maximum absolute atomic E-state index is 6.03. The van der Waals surface area contributed by atoms with Gasteiger partial charge in [0.2, 0.25) is 0 Å². The fourth-order valence-corrected chi connectivity index (χ4v) is 3.66. The molecule has 1 N–H and O–H groups in total. The van der Waals surface area contributed by atoms with E-state index in [0.29, 0.717) is 5.54 Å². The Morgan fingerprint density at radius 1 is 1.40 bits per heavy atom. The molecule has 0 amide bonds. The zero-order valence-corrected chi connectivity index (χ0v) is 13.7. The van der Waals surface area contributed by atoms with Gasteiger partial charge in [-0.25, -0.2) is 0 Å². The third kappa shape index (κ3) is 3.97. The van der Waals surface area contributed by atoms with Crippen LogP contribution < -0.4 is 5.32 Å². The second kappa shape index (κ2) is 6.93. The number of likely N-dealkylation sites (N-methyl/N-ethyl adjacent to an activating group) is 1. The molecule has 1 aromatic carbocycles. The topological polar surface area (TPSA) is 15.3 Å². The molecule has 0 bridgehead atoms. The molecule has 0 radical (unpaired) electrons. The van der Waals surface area contributed by atoms with Gasteiger partial charge in [0, 0.05) is 23.7 Å². The van der Waals surface area contributed by atoms with Crippen molar-refractivity contribution in [3.8, 4) is 0 Å². The first-order valence-corrected chi connectivity index (χ1v) is 8.02. The van der Waals surface area contributed by atoms with Gasteiger partial charge in [-0.2, -0.15) is 0 Å². The summed E-state index contributed by atoms with van der Waals surface area (Å²) >= 11 is 6.03. The highest BCUT2D eigenvalue weighted by Crippen LogP contribution is 2.35. The lowest BCUT2D eigenvalue weighted by molar-refractivity contribution is 0.0749. The van der Waals surface area contributed by atoms with E-state index in [1.54, 1.807) is 0 Å². The summed E-state index contributed by atoms with van der Waals surface area (Å²) in [5, 5.41) is 4.46. The second-order valence-corrected chi connectivity index (χ2v) is 6.99. The van der Waals surface area contributed by atoms with Crippen LogP contribution in [0.4, 0.5) is 0 Å². The lowest BCUT2D eigenvalue weighted by Gasteiger charge is -2.45. The minimum Gasteiger partial charge on any atom is -0.311 e. The maximum atomic E-state index is 6.03. The summed E-state index contributed by atoms with van der Waals surface area (Å²) in [5.74, 6) is 0.833. The van der Waals surface area contributed by atoms with Gasteiger partial charge < -0.3 is 10.2 Å². The van der Waals surface area contributed by atoms with Gasteiger partial charge in [0.05, 0.1) is 0 Å². The fourth-order valence-electron chi connectivity index (χ4n) is 3.44. The Balaban J connectivity index is 1.93. The van der Waals surface area contributed by atoms with Crippen molar-refractivity contribution in [2.75, 3.05) is 20.6 Å². The Morgan fingerprint density at radius 3 is 2.85 bits per heavy atom. The van der Waals surface area contributed by atoms with Crippen LogP contribution in [0.15, 0.2) is 24.3 Å². The van der Waals surface area contributed by atoms with Gasteiger partial charge >= 0.3 is 0 Å². The zero-order chi connectivity index (χ0) is 14.6. The van der Waals surface area contributed by atoms with Crippen molar-refractivity contribution < 1.29 is 0 Å². The average molecular weight is 295 g/mol. The van der Waals surface area contributed by atoms with Crippen LogP contribution in [0.5, 0.6) is 0 Å². The summed E-state index contributed by atoms with van der Waals surface area (Å²) < 4.78 is 0. The average Bonchev–Trinajstić information content (AvgIpc) is 2.38. The van der Waals surface area contributed by atoms with Crippen LogP contribution in [0.3, 0.4) is 0 Å². The Bertz CT molecular complexity index is 433. The minimum absolute atomic E-state index is 0.316. The number of benzene rings is 1. The number of rotatable bonds is 5. The van der Waals surface area contributed by atoms with E-state index < -0.39 is 0 Å². The van der Waals surface area contributed by atoms with Crippen molar-refractivity contribution in [3.63, 3.8) is 0 Å². The van der Waals surface area contributed by atoms with Crippen molar-refractivity contribution in [1.82, 2.24) is 10.2 Å². The molecule has 2 nitrogen and oxygen atoms in total. The van der Waals surface area contributed by atoms with E-state index in [9.17, 15) is 0 Å². The van der Waals surface area contributed by atoms with Crippen LogP contribution in [-0.4, -0.2) is 31.1 Å². The van der Waals surface area contributed by atoms with E-state index in [2.05, 4.69) is 37.3 Å². The van der Waals surface area contributed by atoms with Crippen LogP contribution in [0.2, 0.25) is 5.02 Å². The molecule has 2 unspecified atom stereocenters. The van der Waals surface area contributed by atoms with Gasteiger partial charge in [0.15, 0.2) is 0 Å². The molecular weight excluding hydrogens is 268 g/mol. The number of nitrogens with one attached hydrogen (secondary N) is 1. The molecule has 1 aliphatic carbocycles. The molecule has 3 heteroatoms. The highest BCUT2D eigenvalue weighted by Gasteiger charge is 2.36. The summed E-state index contributed by atoms with van der Waals surface area (Å²) in [4.78, 5) is 2.42. The standard InChI is InChI=1S/C17H27ClN2/c1-14-6-5-9-17(11-14,20(2)3)13-19-12-15-7-4-8-16(18)10-15/h4,7-8,10,14,19H,5-6,9,11-13H2,1-3H3. The second-order valence-electron chi connectivity index (χ2n) is 6.55. The lowest BCUT2D eigenvalue weighted by atomic mass is 9.75. The minimum atomic E-state index is 0.316. The molecule has 1 aromatic rings. The molecular formula is C17H27ClN2. The van der Waals surface area contributed by atoms with E-state index in [4.69, 9.17) is 11.6 Å². The Labute approximate surface area is 128 Å². The highest BCUT2D eigenvalue weighted by molar-refractivity contribution is 6.30. The van der Waals surface area contributed by atoms with Crippen LogP contribution in [0.1, 0.15) is 38.2 Å². The molecule has 2 atom stereocenters. The first kappa shape index (κ1) is 15.8. The predicted molar refractivity (Wildman–Crippen MR) is 87.2 cm³/mol. The van der Waals surface area contributed by atoms with E-state index in [1.807, 2.05) is 18.2 Å². The molecule has 0 heterocycles. The third-order valence-electron chi connectivity index (χ3n) is 4.69. The van der Waals surface area contributed by atoms with Crippen molar-refractivity contribution in [2.24, 2.45) is 5.92 Å². The summed E-state index contributed by atoms with van der Waals surface area (Å²) in [7, 11) is 4.44. The number of nitrogens with zero attached hydrogens (tertiary/aromatic N) is 1. The van der Waals surface area contributed by atoms with Crippen LogP contribution in [0, 0.1) is 5.92 Å². The molecule has 1 aliphatic rings. The quantitative estimate of drug-likeness (QED) is 0.885. The number of hydrogen-bond acceptors (Lipinski definition) is 2. The molecule has 0 saturated heterocycles. The largest absolute Gasteiger partial charge is 0.311 e. The van der Waals surface area contributed by atoms with E-state index in [1.165, 1.54) is 31.2 Å². The number of hydrogen-bond donors (Lipinski definition) is 1. The summed E-state index contributed by atoms with van der Waals surface area (Å²) in [6, 6.07) is 8.12. The van der Waals surface area contributed by atoms with E-state index in [-0.39, 0.29) is 0 Å². The first-order chi connectivity index (χ1) is 9.52. The van der Waals surface area contributed by atoms with Gasteiger partial charge in [-0.15, -0.1) is 0 Å². The van der Waals surface area contributed by atoms with Gasteiger partial charge in [-0.3, -0.25) is 0 Å². The molecule has 0 aliphatic heterocycles. The summed E-state index contributed by atoms with van der Waals surface area (Å²) in [6.07, 6.45) is 5.32. The normalized spacial score (nSPS) is 26.9. The molecule has 0 aromatic heterocycles. The monoisotopic (exact) mass is 294 g/mol. The molecule has 2 rings (SSSR count). The maximum Gasteiger partial charge on any atom is 0.0409 e. The molecule has 20 heavy (non-hydrogen) atoms. The van der Waals surface area contributed by atoms with Crippen LogP contribution >= 0.6 is 11.6 Å². The fraction of sp³-hybridized carbons (Fsp3) is 0.647. The smallest absolute Gasteiger partial charge is 0.0409 e. The van der Waals surface area contributed by atoms with Crippen LogP contribution in [0.25, 0.3) is 0 Å². The third-order valence-corrected chi connectivity index (χ3v) is 4.92. The van der Waals surface area contributed by atoms with Crippen molar-refractivity contribution in [2.45, 2.75) is 44.7 Å². The zero-order valence-electron chi connectivity index (χ0n) is 13.0. The van der Waals surface area contributed by atoms with E-state index >= 15 is 0 Å². The summed E-state index contributed by atoms with van der Waals surface area (Å²) in [5.41, 5.74) is 1.58. The Hall–Kier alpha value is -0.570. The molecule has 1 saturated carbocycles. The van der Waals surface area contributed by atoms with Crippen molar-refractivity contribution >= 4 is 11.6 Å². The number of halogens is 1. The van der Waals surface area contributed by atoms with Gasteiger partial charge in [0.25, 0.3) is 0 Å². The predicted octanol–water partition coefficient (Wildman–Crippen LogP) is 3.94. The first-order valence-electron chi connectivity index (χ1n) is 7.64. The lowest BCUT2D eigenvalue weighted by Crippen LogP contribution is -2.54. The SMILES string of the molecule is CC1CCCC(CNCc2cccc(Cl)c2)(N(C)C)C1.